The minimum Gasteiger partial charge on any atom is -0.382 e. The molecule has 1 atom stereocenters. The first-order valence-corrected chi connectivity index (χ1v) is 6.49. The van der Waals surface area contributed by atoms with Crippen molar-refractivity contribution >= 4 is 0 Å². The van der Waals surface area contributed by atoms with Gasteiger partial charge in [0.15, 0.2) is 5.79 Å². The molecule has 0 N–H and O–H groups in total. The van der Waals surface area contributed by atoms with E-state index in [4.69, 9.17) is 14.2 Å². The van der Waals surface area contributed by atoms with Crippen molar-refractivity contribution in [1.29, 1.82) is 0 Å². The maximum absolute atomic E-state index is 12.3. The highest BCUT2D eigenvalue weighted by Crippen LogP contribution is 2.47. The van der Waals surface area contributed by atoms with E-state index in [0.717, 1.165) is 0 Å². The van der Waals surface area contributed by atoms with Gasteiger partial charge in [0.2, 0.25) is 0 Å². The lowest BCUT2D eigenvalue weighted by Gasteiger charge is -2.52. The Morgan fingerprint density at radius 2 is 1.78 bits per heavy atom. The number of rotatable bonds is 2. The summed E-state index contributed by atoms with van der Waals surface area (Å²) in [5.41, 5.74) is -0.965. The van der Waals surface area contributed by atoms with Crippen molar-refractivity contribution in [3.63, 3.8) is 0 Å². The predicted molar refractivity (Wildman–Crippen MR) is 65.3 cm³/mol. The standard InChI is InChI=1S/C13H24NO4/c1-11(2)8-13(9-12(3,4)14(11)15)17-7-10(18-13)6-16-5/h10H,6-9H2,1-5H3. The average Bonchev–Trinajstić information content (AvgIpc) is 2.57. The highest BCUT2D eigenvalue weighted by molar-refractivity contribution is 5.02. The SMILES string of the molecule is COCC1COC2(CC(C)(C)N([O])C(C)(C)C2)O1. The van der Waals surface area contributed by atoms with Gasteiger partial charge in [0, 0.05) is 31.0 Å². The van der Waals surface area contributed by atoms with Crippen LogP contribution >= 0.6 is 0 Å². The molecular weight excluding hydrogens is 234 g/mol. The molecule has 1 unspecified atom stereocenters. The fraction of sp³-hybridized carbons (Fsp3) is 1.00. The minimum absolute atomic E-state index is 0.0280. The number of hydrogen-bond acceptors (Lipinski definition) is 4. The fourth-order valence-electron chi connectivity index (χ4n) is 3.41. The van der Waals surface area contributed by atoms with Crippen molar-refractivity contribution in [3.05, 3.63) is 0 Å². The molecule has 2 saturated heterocycles. The van der Waals surface area contributed by atoms with Crippen LogP contribution < -0.4 is 0 Å². The number of hydroxylamine groups is 2. The van der Waals surface area contributed by atoms with Gasteiger partial charge in [-0.15, -0.1) is 10.3 Å². The second kappa shape index (κ2) is 4.42. The van der Waals surface area contributed by atoms with Gasteiger partial charge in [-0.25, -0.2) is 0 Å². The number of piperidine rings is 1. The van der Waals surface area contributed by atoms with Crippen LogP contribution in [0.25, 0.3) is 0 Å². The van der Waals surface area contributed by atoms with Crippen molar-refractivity contribution in [2.75, 3.05) is 20.3 Å². The first-order valence-electron chi connectivity index (χ1n) is 6.49. The van der Waals surface area contributed by atoms with Gasteiger partial charge in [-0.1, -0.05) is 0 Å². The Bertz CT molecular complexity index is 298. The quantitative estimate of drug-likeness (QED) is 0.757. The van der Waals surface area contributed by atoms with Crippen molar-refractivity contribution in [1.82, 2.24) is 5.06 Å². The van der Waals surface area contributed by atoms with Crippen LogP contribution in [0.15, 0.2) is 0 Å². The monoisotopic (exact) mass is 258 g/mol. The predicted octanol–water partition coefficient (Wildman–Crippen LogP) is 1.74. The van der Waals surface area contributed by atoms with Crippen LogP contribution in [-0.4, -0.2) is 48.4 Å². The number of methoxy groups -OCH3 is 1. The largest absolute Gasteiger partial charge is 0.382 e. The lowest BCUT2D eigenvalue weighted by atomic mass is 9.78. The molecular formula is C13H24NO4. The maximum Gasteiger partial charge on any atom is 0.172 e. The molecule has 0 amide bonds. The molecule has 2 rings (SSSR count). The zero-order valence-corrected chi connectivity index (χ0v) is 12.0. The number of ether oxygens (including phenoxy) is 3. The van der Waals surface area contributed by atoms with E-state index in [9.17, 15) is 5.21 Å². The molecule has 0 saturated carbocycles. The van der Waals surface area contributed by atoms with Crippen molar-refractivity contribution < 1.29 is 19.4 Å². The lowest BCUT2D eigenvalue weighted by Crippen LogP contribution is -2.64. The summed E-state index contributed by atoms with van der Waals surface area (Å²) in [7, 11) is 1.66. The third-order valence-corrected chi connectivity index (χ3v) is 3.77. The van der Waals surface area contributed by atoms with Crippen molar-refractivity contribution in [3.8, 4) is 0 Å². The highest BCUT2D eigenvalue weighted by Gasteiger charge is 2.57. The van der Waals surface area contributed by atoms with Gasteiger partial charge in [0.1, 0.15) is 6.10 Å². The van der Waals surface area contributed by atoms with E-state index in [2.05, 4.69) is 0 Å². The van der Waals surface area contributed by atoms with Gasteiger partial charge in [-0.3, -0.25) is 0 Å². The third-order valence-electron chi connectivity index (χ3n) is 3.77. The maximum atomic E-state index is 12.3. The topological polar surface area (TPSA) is 50.8 Å². The Balaban J connectivity index is 2.16. The van der Waals surface area contributed by atoms with E-state index >= 15 is 0 Å². The molecule has 105 valence electrons. The molecule has 2 heterocycles. The van der Waals surface area contributed by atoms with E-state index in [1.165, 1.54) is 5.06 Å². The molecule has 2 fully saturated rings. The molecule has 5 heteroatoms. The van der Waals surface area contributed by atoms with Gasteiger partial charge in [-0.05, 0) is 27.7 Å². The second-order valence-corrected chi connectivity index (χ2v) is 6.69. The number of nitrogens with zero attached hydrogens (tertiary/aromatic N) is 1. The lowest BCUT2D eigenvalue weighted by molar-refractivity contribution is -0.343. The Hall–Kier alpha value is -0.200. The van der Waals surface area contributed by atoms with Crippen LogP contribution in [0.1, 0.15) is 40.5 Å². The summed E-state index contributed by atoms with van der Waals surface area (Å²) in [6.45, 7) is 8.85. The van der Waals surface area contributed by atoms with Crippen molar-refractivity contribution in [2.45, 2.75) is 63.5 Å². The van der Waals surface area contributed by atoms with Gasteiger partial charge < -0.3 is 14.2 Å². The second-order valence-electron chi connectivity index (χ2n) is 6.69. The van der Waals surface area contributed by atoms with Gasteiger partial charge in [0.25, 0.3) is 0 Å². The van der Waals surface area contributed by atoms with Gasteiger partial charge in [0.05, 0.1) is 13.2 Å². The molecule has 0 aromatic carbocycles. The zero-order valence-electron chi connectivity index (χ0n) is 12.0. The normalized spacial score (nSPS) is 34.0. The van der Waals surface area contributed by atoms with E-state index in [1.807, 2.05) is 27.7 Å². The Kier molecular flexibility index (Phi) is 3.49. The fourth-order valence-corrected chi connectivity index (χ4v) is 3.41. The third kappa shape index (κ3) is 2.42. The molecule has 0 aliphatic carbocycles. The molecule has 5 nitrogen and oxygen atoms in total. The van der Waals surface area contributed by atoms with Crippen LogP contribution in [0.4, 0.5) is 0 Å². The summed E-state index contributed by atoms with van der Waals surface area (Å²) in [5.74, 6) is -0.628. The summed E-state index contributed by atoms with van der Waals surface area (Å²) in [6, 6.07) is 0. The first-order chi connectivity index (χ1) is 8.21. The average molecular weight is 258 g/mol. The van der Waals surface area contributed by atoms with Crippen LogP contribution in [0.3, 0.4) is 0 Å². The van der Waals surface area contributed by atoms with E-state index in [1.54, 1.807) is 7.11 Å². The van der Waals surface area contributed by atoms with E-state index in [-0.39, 0.29) is 6.10 Å². The summed E-state index contributed by atoms with van der Waals surface area (Å²) in [6.07, 6.45) is 1.15. The van der Waals surface area contributed by atoms with Crippen LogP contribution in [0, 0.1) is 0 Å². The van der Waals surface area contributed by atoms with Gasteiger partial charge in [-0.2, -0.15) is 0 Å². The molecule has 0 aromatic heterocycles. The zero-order chi connectivity index (χ0) is 13.6. The summed E-state index contributed by atoms with van der Waals surface area (Å²) in [5, 5.41) is 13.5. The van der Waals surface area contributed by atoms with Crippen LogP contribution in [0.5, 0.6) is 0 Å². The molecule has 0 aromatic rings. The Morgan fingerprint density at radius 3 is 2.28 bits per heavy atom. The Morgan fingerprint density at radius 1 is 1.22 bits per heavy atom. The summed E-state index contributed by atoms with van der Waals surface area (Å²) in [4.78, 5) is 0. The summed E-state index contributed by atoms with van der Waals surface area (Å²) < 4.78 is 17.0. The molecule has 18 heavy (non-hydrogen) atoms. The van der Waals surface area contributed by atoms with Crippen molar-refractivity contribution in [2.24, 2.45) is 0 Å². The van der Waals surface area contributed by atoms with Gasteiger partial charge >= 0.3 is 0 Å². The van der Waals surface area contributed by atoms with Crippen LogP contribution in [-0.2, 0) is 19.4 Å². The van der Waals surface area contributed by atoms with E-state index in [0.29, 0.717) is 26.1 Å². The first kappa shape index (κ1) is 14.2. The number of hydrogen-bond donors (Lipinski definition) is 0. The van der Waals surface area contributed by atoms with Crippen LogP contribution in [0.2, 0.25) is 0 Å². The van der Waals surface area contributed by atoms with E-state index < -0.39 is 16.9 Å². The summed E-state index contributed by atoms with van der Waals surface area (Å²) >= 11 is 0. The Labute approximate surface area is 109 Å². The smallest absolute Gasteiger partial charge is 0.172 e. The molecule has 1 radical (unpaired) electrons. The highest BCUT2D eigenvalue weighted by atomic mass is 16.8. The minimum atomic E-state index is -0.628. The molecule has 2 aliphatic rings. The molecule has 0 bridgehead atoms. The molecule has 2 aliphatic heterocycles. The molecule has 1 spiro atoms.